The quantitative estimate of drug-likeness (QED) is 0.757. The van der Waals surface area contributed by atoms with Gasteiger partial charge in [0.15, 0.2) is 0 Å². The predicted molar refractivity (Wildman–Crippen MR) is 60.8 cm³/mol. The number of hydrogen-bond acceptors (Lipinski definition) is 2. The minimum Gasteiger partial charge on any atom is -0.342 e. The van der Waals surface area contributed by atoms with Crippen molar-refractivity contribution in [2.24, 2.45) is 0 Å². The van der Waals surface area contributed by atoms with Gasteiger partial charge in [-0.05, 0) is 25.5 Å². The Kier molecular flexibility index (Phi) is 4.28. The van der Waals surface area contributed by atoms with Gasteiger partial charge in [0.1, 0.15) is 0 Å². The van der Waals surface area contributed by atoms with E-state index in [2.05, 4.69) is 11.9 Å². The molecule has 3 heteroatoms. The number of rotatable bonds is 4. The van der Waals surface area contributed by atoms with Gasteiger partial charge in [-0.1, -0.05) is 13.3 Å². The number of aromatic nitrogens is 1. The smallest absolute Gasteiger partial charge is 0.255 e. The van der Waals surface area contributed by atoms with Crippen LogP contribution in [0.1, 0.15) is 35.8 Å². The van der Waals surface area contributed by atoms with Crippen molar-refractivity contribution < 1.29 is 4.79 Å². The maximum atomic E-state index is 12.0. The lowest BCUT2D eigenvalue weighted by Crippen LogP contribution is -2.28. The molecule has 0 bridgehead atoms. The van der Waals surface area contributed by atoms with Crippen molar-refractivity contribution in [2.45, 2.75) is 26.7 Å². The van der Waals surface area contributed by atoms with E-state index < -0.39 is 0 Å². The Bertz CT molecular complexity index is 336. The molecule has 3 nitrogen and oxygen atoms in total. The topological polar surface area (TPSA) is 33.2 Å². The Balaban J connectivity index is 2.72. The minimum absolute atomic E-state index is 0.0639. The van der Waals surface area contributed by atoms with Crippen LogP contribution in [0.15, 0.2) is 18.3 Å². The van der Waals surface area contributed by atoms with Gasteiger partial charge >= 0.3 is 0 Å². The molecule has 0 N–H and O–H groups in total. The molecule has 82 valence electrons. The van der Waals surface area contributed by atoms with Crippen LogP contribution in [0, 0.1) is 6.92 Å². The SMILES string of the molecule is CCCCN(C)C(=O)c1cccnc1C. The highest BCUT2D eigenvalue weighted by atomic mass is 16.2. The molecule has 0 aromatic carbocycles. The summed E-state index contributed by atoms with van der Waals surface area (Å²) >= 11 is 0. The van der Waals surface area contributed by atoms with Crippen LogP contribution in [-0.2, 0) is 0 Å². The van der Waals surface area contributed by atoms with Gasteiger partial charge in [0.2, 0.25) is 0 Å². The Morgan fingerprint density at radius 2 is 2.27 bits per heavy atom. The lowest BCUT2D eigenvalue weighted by molar-refractivity contribution is 0.0792. The third-order valence-corrected chi connectivity index (χ3v) is 2.43. The maximum absolute atomic E-state index is 12.0. The van der Waals surface area contributed by atoms with E-state index in [0.29, 0.717) is 5.56 Å². The van der Waals surface area contributed by atoms with E-state index in [1.807, 2.05) is 20.0 Å². The van der Waals surface area contributed by atoms with Crippen LogP contribution < -0.4 is 0 Å². The maximum Gasteiger partial charge on any atom is 0.255 e. The van der Waals surface area contributed by atoms with Crippen LogP contribution in [0.25, 0.3) is 0 Å². The predicted octanol–water partition coefficient (Wildman–Crippen LogP) is 2.26. The number of carbonyl (C=O) groups is 1. The second-order valence-corrected chi connectivity index (χ2v) is 3.72. The van der Waals surface area contributed by atoms with Crippen LogP contribution >= 0.6 is 0 Å². The number of carbonyl (C=O) groups excluding carboxylic acids is 1. The first-order chi connectivity index (χ1) is 7.16. The molecule has 0 aliphatic rings. The van der Waals surface area contributed by atoms with Gasteiger partial charge in [-0.3, -0.25) is 9.78 Å². The zero-order valence-corrected chi connectivity index (χ0v) is 9.66. The van der Waals surface area contributed by atoms with E-state index in [0.717, 1.165) is 25.1 Å². The van der Waals surface area contributed by atoms with Gasteiger partial charge in [-0.15, -0.1) is 0 Å². The molecule has 15 heavy (non-hydrogen) atoms. The minimum atomic E-state index is 0.0639. The molecule has 1 amide bonds. The molecule has 0 aliphatic carbocycles. The number of pyridine rings is 1. The van der Waals surface area contributed by atoms with Gasteiger partial charge < -0.3 is 4.90 Å². The zero-order valence-electron chi connectivity index (χ0n) is 9.66. The van der Waals surface area contributed by atoms with E-state index >= 15 is 0 Å². The Labute approximate surface area is 91.1 Å². The summed E-state index contributed by atoms with van der Waals surface area (Å²) in [7, 11) is 1.84. The van der Waals surface area contributed by atoms with E-state index in [1.165, 1.54) is 0 Å². The first kappa shape index (κ1) is 11.7. The van der Waals surface area contributed by atoms with Crippen molar-refractivity contribution in [3.8, 4) is 0 Å². The molecule has 0 saturated carbocycles. The summed E-state index contributed by atoms with van der Waals surface area (Å²) in [6.07, 6.45) is 3.85. The lowest BCUT2D eigenvalue weighted by atomic mass is 10.2. The molecule has 0 aliphatic heterocycles. The fraction of sp³-hybridized carbons (Fsp3) is 0.500. The highest BCUT2D eigenvalue weighted by Gasteiger charge is 2.13. The first-order valence-electron chi connectivity index (χ1n) is 5.34. The highest BCUT2D eigenvalue weighted by Crippen LogP contribution is 2.07. The third-order valence-electron chi connectivity index (χ3n) is 2.43. The van der Waals surface area contributed by atoms with Gasteiger partial charge in [0, 0.05) is 25.5 Å². The standard InChI is InChI=1S/C12H18N2O/c1-4-5-9-14(3)12(15)11-7-6-8-13-10(11)2/h6-8H,4-5,9H2,1-3H3. The molecule has 0 saturated heterocycles. The molecule has 0 spiro atoms. The molecule has 1 rings (SSSR count). The number of aryl methyl sites for hydroxylation is 1. The highest BCUT2D eigenvalue weighted by molar-refractivity contribution is 5.94. The lowest BCUT2D eigenvalue weighted by Gasteiger charge is -2.17. The fourth-order valence-corrected chi connectivity index (χ4v) is 1.41. The van der Waals surface area contributed by atoms with Crippen molar-refractivity contribution >= 4 is 5.91 Å². The van der Waals surface area contributed by atoms with Crippen LogP contribution in [0.5, 0.6) is 0 Å². The fourth-order valence-electron chi connectivity index (χ4n) is 1.41. The molecule has 1 aromatic heterocycles. The second kappa shape index (κ2) is 5.49. The van der Waals surface area contributed by atoms with E-state index in [1.54, 1.807) is 17.2 Å². The van der Waals surface area contributed by atoms with Gasteiger partial charge in [-0.25, -0.2) is 0 Å². The largest absolute Gasteiger partial charge is 0.342 e. The summed E-state index contributed by atoms with van der Waals surface area (Å²) in [5, 5.41) is 0. The van der Waals surface area contributed by atoms with Crippen molar-refractivity contribution in [1.82, 2.24) is 9.88 Å². The number of amides is 1. The third kappa shape index (κ3) is 3.05. The number of hydrogen-bond donors (Lipinski definition) is 0. The number of unbranched alkanes of at least 4 members (excludes halogenated alkanes) is 1. The van der Waals surface area contributed by atoms with Crippen molar-refractivity contribution in [3.05, 3.63) is 29.6 Å². The van der Waals surface area contributed by atoms with Gasteiger partial charge in [0.25, 0.3) is 5.91 Å². The molecule has 0 fully saturated rings. The normalized spacial score (nSPS) is 10.1. The summed E-state index contributed by atoms with van der Waals surface area (Å²) in [6.45, 7) is 4.79. The summed E-state index contributed by atoms with van der Waals surface area (Å²) in [6, 6.07) is 3.63. The van der Waals surface area contributed by atoms with Crippen molar-refractivity contribution in [1.29, 1.82) is 0 Å². The Hall–Kier alpha value is -1.38. The van der Waals surface area contributed by atoms with E-state index in [4.69, 9.17) is 0 Å². The van der Waals surface area contributed by atoms with Crippen LogP contribution in [0.4, 0.5) is 0 Å². The van der Waals surface area contributed by atoms with Crippen molar-refractivity contribution in [2.75, 3.05) is 13.6 Å². The molecule has 0 radical (unpaired) electrons. The summed E-state index contributed by atoms with van der Waals surface area (Å²) in [5.74, 6) is 0.0639. The first-order valence-corrected chi connectivity index (χ1v) is 5.34. The molecule has 0 unspecified atom stereocenters. The molecule has 1 aromatic rings. The summed E-state index contributed by atoms with van der Waals surface area (Å²) in [5.41, 5.74) is 1.50. The Morgan fingerprint density at radius 3 is 2.87 bits per heavy atom. The van der Waals surface area contributed by atoms with Gasteiger partial charge in [-0.2, -0.15) is 0 Å². The second-order valence-electron chi connectivity index (χ2n) is 3.72. The average Bonchev–Trinajstić information content (AvgIpc) is 2.25. The van der Waals surface area contributed by atoms with Crippen molar-refractivity contribution in [3.63, 3.8) is 0 Å². The van der Waals surface area contributed by atoms with Crippen LogP contribution in [0.2, 0.25) is 0 Å². The van der Waals surface area contributed by atoms with E-state index in [9.17, 15) is 4.79 Å². The number of nitrogens with zero attached hydrogens (tertiary/aromatic N) is 2. The summed E-state index contributed by atoms with van der Waals surface area (Å²) < 4.78 is 0. The zero-order chi connectivity index (χ0) is 11.3. The molecule has 0 atom stereocenters. The molecule has 1 heterocycles. The van der Waals surface area contributed by atoms with Crippen LogP contribution in [-0.4, -0.2) is 29.4 Å². The molecular weight excluding hydrogens is 188 g/mol. The molecular formula is C12H18N2O. The Morgan fingerprint density at radius 1 is 1.53 bits per heavy atom. The van der Waals surface area contributed by atoms with E-state index in [-0.39, 0.29) is 5.91 Å². The summed E-state index contributed by atoms with van der Waals surface area (Å²) in [4.78, 5) is 17.8. The van der Waals surface area contributed by atoms with Crippen LogP contribution in [0.3, 0.4) is 0 Å². The monoisotopic (exact) mass is 206 g/mol. The van der Waals surface area contributed by atoms with Gasteiger partial charge in [0.05, 0.1) is 5.56 Å². The average molecular weight is 206 g/mol.